The Labute approximate surface area is 194 Å². The molecule has 0 radical (unpaired) electrons. The lowest BCUT2D eigenvalue weighted by molar-refractivity contribution is -0.141. The van der Waals surface area contributed by atoms with Gasteiger partial charge in [-0.15, -0.1) is 11.6 Å². The van der Waals surface area contributed by atoms with E-state index in [0.29, 0.717) is 18.0 Å². The van der Waals surface area contributed by atoms with Gasteiger partial charge in [-0.05, 0) is 42.5 Å². The average molecular weight is 461 g/mol. The fraction of sp³-hybridized carbons (Fsp3) is 0.440. The Morgan fingerprint density at radius 3 is 2.32 bits per heavy atom. The summed E-state index contributed by atoms with van der Waals surface area (Å²) in [5, 5.41) is 3.80. The lowest BCUT2D eigenvalue weighted by atomic mass is 9.94. The van der Waals surface area contributed by atoms with E-state index in [0.717, 1.165) is 36.8 Å². The maximum Gasteiger partial charge on any atom is 0.247 e. The lowest BCUT2D eigenvalue weighted by Crippen LogP contribution is -2.47. The molecule has 0 bridgehead atoms. The first kappa shape index (κ1) is 23.6. The predicted octanol–water partition coefficient (Wildman–Crippen LogP) is 5.53. The summed E-state index contributed by atoms with van der Waals surface area (Å²) in [6, 6.07) is 16.6. The largest absolute Gasteiger partial charge is 0.351 e. The Hall–Kier alpha value is -2.04. The second-order valence-corrected chi connectivity index (χ2v) is 8.87. The normalized spacial score (nSPS) is 15.3. The van der Waals surface area contributed by atoms with Crippen LogP contribution in [-0.2, 0) is 16.0 Å². The van der Waals surface area contributed by atoms with Crippen molar-refractivity contribution in [3.05, 3.63) is 70.7 Å². The Balaban J connectivity index is 1.87. The van der Waals surface area contributed by atoms with Crippen LogP contribution in [0, 0.1) is 0 Å². The molecule has 0 unspecified atom stereocenters. The number of nitrogens with one attached hydrogen (secondary N) is 1. The second kappa shape index (κ2) is 12.1. The third-order valence-electron chi connectivity index (χ3n) is 5.81. The van der Waals surface area contributed by atoms with Crippen LogP contribution in [0.2, 0.25) is 5.02 Å². The van der Waals surface area contributed by atoms with E-state index in [1.54, 1.807) is 17.0 Å². The van der Waals surface area contributed by atoms with Gasteiger partial charge in [-0.3, -0.25) is 9.59 Å². The maximum atomic E-state index is 13.5. The van der Waals surface area contributed by atoms with Crippen molar-refractivity contribution < 1.29 is 9.59 Å². The van der Waals surface area contributed by atoms with Crippen molar-refractivity contribution in [1.82, 2.24) is 10.2 Å². The molecule has 2 amide bonds. The molecule has 0 saturated heterocycles. The van der Waals surface area contributed by atoms with E-state index in [-0.39, 0.29) is 30.2 Å². The number of hydrogen-bond donors (Lipinski definition) is 1. The van der Waals surface area contributed by atoms with Crippen LogP contribution in [0.1, 0.15) is 55.7 Å². The molecule has 31 heavy (non-hydrogen) atoms. The molecule has 2 aromatic rings. The van der Waals surface area contributed by atoms with Gasteiger partial charge < -0.3 is 10.2 Å². The Bertz CT molecular complexity index is 836. The molecule has 0 aromatic heterocycles. The highest BCUT2D eigenvalue weighted by Gasteiger charge is 2.32. The quantitative estimate of drug-likeness (QED) is 0.500. The van der Waals surface area contributed by atoms with E-state index in [4.69, 9.17) is 23.2 Å². The van der Waals surface area contributed by atoms with E-state index < -0.39 is 6.04 Å². The standard InChI is InChI=1S/C25H30Cl2N2O2/c26-17-15-23(30)29(18-16-19-7-3-1-4-8-19)24(20-11-13-21(27)14-12-20)25(31)28-22-9-5-2-6-10-22/h1,3-4,7-8,11-14,22,24H,2,5-6,9-10,15-18H2,(H,28,31)/t24-/m1/s1. The van der Waals surface area contributed by atoms with Gasteiger partial charge in [0, 0.05) is 29.9 Å². The molecule has 4 nitrogen and oxygen atoms in total. The van der Waals surface area contributed by atoms with E-state index >= 15 is 0 Å². The van der Waals surface area contributed by atoms with Gasteiger partial charge in [-0.2, -0.15) is 0 Å². The number of alkyl halides is 1. The number of rotatable bonds is 9. The fourth-order valence-electron chi connectivity index (χ4n) is 4.16. The number of nitrogens with zero attached hydrogens (tertiary/aromatic N) is 1. The molecule has 1 aliphatic carbocycles. The molecule has 6 heteroatoms. The third kappa shape index (κ3) is 6.98. The second-order valence-electron chi connectivity index (χ2n) is 8.06. The minimum absolute atomic E-state index is 0.121. The summed E-state index contributed by atoms with van der Waals surface area (Å²) in [5.41, 5.74) is 1.88. The Morgan fingerprint density at radius 2 is 1.68 bits per heavy atom. The van der Waals surface area contributed by atoms with Crippen LogP contribution < -0.4 is 5.32 Å². The van der Waals surface area contributed by atoms with Gasteiger partial charge in [0.15, 0.2) is 0 Å². The summed E-state index contributed by atoms with van der Waals surface area (Å²) < 4.78 is 0. The van der Waals surface area contributed by atoms with Crippen molar-refractivity contribution in [2.75, 3.05) is 12.4 Å². The molecule has 0 spiro atoms. The first-order chi connectivity index (χ1) is 15.1. The zero-order chi connectivity index (χ0) is 22.1. The van der Waals surface area contributed by atoms with Crippen LogP contribution in [0.3, 0.4) is 0 Å². The highest BCUT2D eigenvalue weighted by atomic mass is 35.5. The van der Waals surface area contributed by atoms with Crippen molar-refractivity contribution in [2.45, 2.75) is 57.0 Å². The SMILES string of the molecule is O=C(NC1CCCCC1)[C@@H](c1ccc(Cl)cc1)N(CCc1ccccc1)C(=O)CCCl. The molecule has 1 atom stereocenters. The van der Waals surface area contributed by atoms with Crippen LogP contribution in [0.5, 0.6) is 0 Å². The molecule has 0 heterocycles. The number of carbonyl (C=O) groups excluding carboxylic acids is 2. The van der Waals surface area contributed by atoms with E-state index in [2.05, 4.69) is 5.32 Å². The number of hydrogen-bond acceptors (Lipinski definition) is 2. The molecule has 1 saturated carbocycles. The van der Waals surface area contributed by atoms with Crippen LogP contribution in [0.4, 0.5) is 0 Å². The predicted molar refractivity (Wildman–Crippen MR) is 126 cm³/mol. The molecule has 0 aliphatic heterocycles. The summed E-state index contributed by atoms with van der Waals surface area (Å²) >= 11 is 12.0. The molecular formula is C25H30Cl2N2O2. The summed E-state index contributed by atoms with van der Waals surface area (Å²) in [6.45, 7) is 0.436. The van der Waals surface area contributed by atoms with Crippen molar-refractivity contribution in [3.63, 3.8) is 0 Å². The first-order valence-electron chi connectivity index (χ1n) is 11.0. The van der Waals surface area contributed by atoms with Gasteiger partial charge in [0.05, 0.1) is 0 Å². The van der Waals surface area contributed by atoms with Gasteiger partial charge in [-0.1, -0.05) is 73.3 Å². The topological polar surface area (TPSA) is 49.4 Å². The number of benzene rings is 2. The lowest BCUT2D eigenvalue weighted by Gasteiger charge is -2.33. The minimum atomic E-state index is -0.710. The van der Waals surface area contributed by atoms with Crippen molar-refractivity contribution in [3.8, 4) is 0 Å². The highest BCUT2D eigenvalue weighted by Crippen LogP contribution is 2.26. The maximum absolute atomic E-state index is 13.5. The summed E-state index contributed by atoms with van der Waals surface area (Å²) in [5.74, 6) is -0.0343. The summed E-state index contributed by atoms with van der Waals surface area (Å²) in [7, 11) is 0. The van der Waals surface area contributed by atoms with Crippen LogP contribution in [-0.4, -0.2) is 35.2 Å². The molecule has 1 N–H and O–H groups in total. The zero-order valence-electron chi connectivity index (χ0n) is 17.7. The van der Waals surface area contributed by atoms with Crippen molar-refractivity contribution in [1.29, 1.82) is 0 Å². The third-order valence-corrected chi connectivity index (χ3v) is 6.25. The molecule has 1 aliphatic rings. The number of halogens is 2. The Kier molecular flexibility index (Phi) is 9.23. The Morgan fingerprint density at radius 1 is 1.00 bits per heavy atom. The van der Waals surface area contributed by atoms with E-state index in [9.17, 15) is 9.59 Å². The monoisotopic (exact) mass is 460 g/mol. The van der Waals surface area contributed by atoms with Gasteiger partial charge in [0.2, 0.25) is 11.8 Å². The molecule has 1 fully saturated rings. The highest BCUT2D eigenvalue weighted by molar-refractivity contribution is 6.30. The van der Waals surface area contributed by atoms with E-state index in [1.807, 2.05) is 42.5 Å². The molecule has 166 valence electrons. The van der Waals surface area contributed by atoms with Crippen molar-refractivity contribution in [2.24, 2.45) is 0 Å². The summed E-state index contributed by atoms with van der Waals surface area (Å²) in [6.07, 6.45) is 6.29. The minimum Gasteiger partial charge on any atom is -0.351 e. The number of amides is 2. The van der Waals surface area contributed by atoms with Crippen LogP contribution in [0.25, 0.3) is 0 Å². The summed E-state index contributed by atoms with van der Waals surface area (Å²) in [4.78, 5) is 28.2. The zero-order valence-corrected chi connectivity index (χ0v) is 19.2. The number of carbonyl (C=O) groups is 2. The van der Waals surface area contributed by atoms with Crippen LogP contribution in [0.15, 0.2) is 54.6 Å². The van der Waals surface area contributed by atoms with Gasteiger partial charge >= 0.3 is 0 Å². The first-order valence-corrected chi connectivity index (χ1v) is 11.9. The molecular weight excluding hydrogens is 431 g/mol. The van der Waals surface area contributed by atoms with Crippen molar-refractivity contribution >= 4 is 35.0 Å². The molecule has 3 rings (SSSR count). The van der Waals surface area contributed by atoms with Gasteiger partial charge in [0.25, 0.3) is 0 Å². The smallest absolute Gasteiger partial charge is 0.247 e. The average Bonchev–Trinajstić information content (AvgIpc) is 2.79. The van der Waals surface area contributed by atoms with Gasteiger partial charge in [-0.25, -0.2) is 0 Å². The molecule has 2 aromatic carbocycles. The van der Waals surface area contributed by atoms with Gasteiger partial charge in [0.1, 0.15) is 6.04 Å². The fourth-order valence-corrected chi connectivity index (χ4v) is 4.45. The van der Waals surface area contributed by atoms with E-state index in [1.165, 1.54) is 6.42 Å². The van der Waals surface area contributed by atoms with Crippen LogP contribution >= 0.6 is 23.2 Å².